The van der Waals surface area contributed by atoms with Crippen LogP contribution in [-0.2, 0) is 9.53 Å². The Labute approximate surface area is 146 Å². The maximum absolute atomic E-state index is 12.7. The summed E-state index contributed by atoms with van der Waals surface area (Å²) in [5.41, 5.74) is -0.676. The quantitative estimate of drug-likeness (QED) is 0.903. The smallest absolute Gasteiger partial charge is 0.238 e. The normalized spacial score (nSPS) is 25.6. The molecular weight excluding hydrogens is 324 g/mol. The van der Waals surface area contributed by atoms with Gasteiger partial charge in [-0.25, -0.2) is 4.98 Å². The molecule has 2 heterocycles. The standard InChI is InChI=1S/C17H24N4O2S/c1-13(15(22)20-17(12-18)5-3-2-4-6-17)21-8-9-23-14(11-21)16-19-7-10-24-16/h7,10,13-14H,2-6,8-9,11H2,1H3,(H,20,22)/t13-,14+/m1/s1. The zero-order valence-electron chi connectivity index (χ0n) is 14.0. The Hall–Kier alpha value is -1.49. The lowest BCUT2D eigenvalue weighted by Crippen LogP contribution is -2.56. The maximum atomic E-state index is 12.7. The Morgan fingerprint density at radius 1 is 1.54 bits per heavy atom. The Morgan fingerprint density at radius 3 is 3.00 bits per heavy atom. The molecule has 1 aromatic heterocycles. The largest absolute Gasteiger partial charge is 0.368 e. The number of hydrogen-bond donors (Lipinski definition) is 1. The maximum Gasteiger partial charge on any atom is 0.238 e. The van der Waals surface area contributed by atoms with Crippen LogP contribution in [0.1, 0.15) is 50.1 Å². The molecule has 6 nitrogen and oxygen atoms in total. The van der Waals surface area contributed by atoms with Crippen LogP contribution in [0.5, 0.6) is 0 Å². The van der Waals surface area contributed by atoms with E-state index in [9.17, 15) is 10.1 Å². The van der Waals surface area contributed by atoms with Crippen molar-refractivity contribution in [2.75, 3.05) is 19.7 Å². The van der Waals surface area contributed by atoms with Crippen LogP contribution in [-0.4, -0.2) is 47.1 Å². The van der Waals surface area contributed by atoms with E-state index in [2.05, 4.69) is 21.3 Å². The van der Waals surface area contributed by atoms with E-state index < -0.39 is 5.54 Å². The number of nitrogens with one attached hydrogen (secondary N) is 1. The van der Waals surface area contributed by atoms with Crippen molar-refractivity contribution in [3.8, 4) is 6.07 Å². The number of morpholine rings is 1. The highest BCUT2D eigenvalue weighted by Gasteiger charge is 2.37. The highest BCUT2D eigenvalue weighted by atomic mass is 32.1. The first kappa shape index (κ1) is 17.3. The van der Waals surface area contributed by atoms with E-state index in [1.54, 1.807) is 17.5 Å². The van der Waals surface area contributed by atoms with E-state index in [-0.39, 0.29) is 18.1 Å². The molecule has 1 N–H and O–H groups in total. The average Bonchev–Trinajstić information content (AvgIpc) is 3.16. The number of aromatic nitrogens is 1. The van der Waals surface area contributed by atoms with E-state index in [1.165, 1.54) is 0 Å². The molecule has 2 aliphatic rings. The number of ether oxygens (including phenoxy) is 1. The lowest BCUT2D eigenvalue weighted by molar-refractivity contribution is -0.131. The minimum atomic E-state index is -0.676. The summed E-state index contributed by atoms with van der Waals surface area (Å²) >= 11 is 1.58. The minimum absolute atomic E-state index is 0.0572. The number of hydrogen-bond acceptors (Lipinski definition) is 6. The summed E-state index contributed by atoms with van der Waals surface area (Å²) in [5, 5.41) is 15.5. The van der Waals surface area contributed by atoms with E-state index >= 15 is 0 Å². The van der Waals surface area contributed by atoms with Crippen molar-refractivity contribution in [1.29, 1.82) is 5.26 Å². The number of carbonyl (C=O) groups is 1. The predicted molar refractivity (Wildman–Crippen MR) is 91.4 cm³/mol. The molecular formula is C17H24N4O2S. The number of rotatable bonds is 4. The van der Waals surface area contributed by atoms with Gasteiger partial charge < -0.3 is 10.1 Å². The molecule has 0 spiro atoms. The Morgan fingerprint density at radius 2 is 2.33 bits per heavy atom. The molecule has 1 aromatic rings. The second-order valence-corrected chi connectivity index (χ2v) is 7.57. The van der Waals surface area contributed by atoms with Gasteiger partial charge in [-0.15, -0.1) is 11.3 Å². The van der Waals surface area contributed by atoms with Crippen molar-refractivity contribution in [2.45, 2.75) is 56.7 Å². The van der Waals surface area contributed by atoms with E-state index in [0.717, 1.165) is 43.7 Å². The molecule has 2 fully saturated rings. The van der Waals surface area contributed by atoms with Crippen molar-refractivity contribution in [3.05, 3.63) is 16.6 Å². The molecule has 1 amide bonds. The van der Waals surface area contributed by atoms with Gasteiger partial charge in [-0.1, -0.05) is 19.3 Å². The molecule has 1 aliphatic heterocycles. The van der Waals surface area contributed by atoms with Crippen LogP contribution < -0.4 is 5.32 Å². The fourth-order valence-corrected chi connectivity index (χ4v) is 4.17. The fourth-order valence-electron chi connectivity index (χ4n) is 3.49. The van der Waals surface area contributed by atoms with Crippen molar-refractivity contribution in [1.82, 2.24) is 15.2 Å². The van der Waals surface area contributed by atoms with Gasteiger partial charge in [0.05, 0.1) is 18.7 Å². The van der Waals surface area contributed by atoms with Crippen molar-refractivity contribution in [3.63, 3.8) is 0 Å². The molecule has 1 aliphatic carbocycles. The highest BCUT2D eigenvalue weighted by Crippen LogP contribution is 2.28. The third kappa shape index (κ3) is 3.77. The number of amides is 1. The fraction of sp³-hybridized carbons (Fsp3) is 0.706. The summed E-state index contributed by atoms with van der Waals surface area (Å²) in [6.07, 6.45) is 6.37. The molecule has 130 valence electrons. The summed E-state index contributed by atoms with van der Waals surface area (Å²) in [7, 11) is 0. The first-order valence-corrected chi connectivity index (χ1v) is 9.50. The zero-order chi connectivity index (χ0) is 17.0. The molecule has 1 saturated carbocycles. The second-order valence-electron chi connectivity index (χ2n) is 6.64. The van der Waals surface area contributed by atoms with Crippen LogP contribution in [0.3, 0.4) is 0 Å². The van der Waals surface area contributed by atoms with Gasteiger partial charge in [-0.2, -0.15) is 5.26 Å². The molecule has 0 aromatic carbocycles. The molecule has 2 atom stereocenters. The molecule has 1 saturated heterocycles. The van der Waals surface area contributed by atoms with Crippen molar-refractivity contribution < 1.29 is 9.53 Å². The third-order valence-electron chi connectivity index (χ3n) is 5.04. The number of thiazole rings is 1. The Balaban J connectivity index is 1.61. The predicted octanol–water partition coefficient (Wildman–Crippen LogP) is 2.25. The SMILES string of the molecule is C[C@H](C(=O)NC1(C#N)CCCCC1)N1CCO[C@H](c2nccs2)C1. The van der Waals surface area contributed by atoms with E-state index in [1.807, 2.05) is 12.3 Å². The lowest BCUT2D eigenvalue weighted by Gasteiger charge is -2.38. The monoisotopic (exact) mass is 348 g/mol. The summed E-state index contributed by atoms with van der Waals surface area (Å²) in [4.78, 5) is 19.2. The van der Waals surface area contributed by atoms with Gasteiger partial charge in [0.2, 0.25) is 5.91 Å². The molecule has 0 bridgehead atoms. The summed E-state index contributed by atoms with van der Waals surface area (Å²) in [6, 6.07) is 2.08. The number of carbonyl (C=O) groups excluding carboxylic acids is 1. The summed E-state index contributed by atoms with van der Waals surface area (Å²) < 4.78 is 5.80. The van der Waals surface area contributed by atoms with Gasteiger partial charge in [0.15, 0.2) is 0 Å². The molecule has 3 rings (SSSR count). The van der Waals surface area contributed by atoms with Gasteiger partial charge in [-0.05, 0) is 19.8 Å². The van der Waals surface area contributed by atoms with E-state index in [4.69, 9.17) is 4.74 Å². The summed E-state index contributed by atoms with van der Waals surface area (Å²) in [5.74, 6) is -0.0572. The van der Waals surface area contributed by atoms with Gasteiger partial charge in [-0.3, -0.25) is 9.69 Å². The van der Waals surface area contributed by atoms with Gasteiger partial charge >= 0.3 is 0 Å². The van der Waals surface area contributed by atoms with Crippen LogP contribution in [0.2, 0.25) is 0 Å². The second kappa shape index (κ2) is 7.60. The van der Waals surface area contributed by atoms with Crippen molar-refractivity contribution >= 4 is 17.2 Å². The van der Waals surface area contributed by atoms with Crippen LogP contribution in [0.4, 0.5) is 0 Å². The molecule has 0 radical (unpaired) electrons. The third-order valence-corrected chi connectivity index (χ3v) is 5.90. The lowest BCUT2D eigenvalue weighted by atomic mass is 9.82. The first-order valence-electron chi connectivity index (χ1n) is 8.62. The minimum Gasteiger partial charge on any atom is -0.368 e. The van der Waals surface area contributed by atoms with Crippen LogP contribution in [0.15, 0.2) is 11.6 Å². The first-order chi connectivity index (χ1) is 11.6. The zero-order valence-corrected chi connectivity index (χ0v) is 14.8. The van der Waals surface area contributed by atoms with Crippen LogP contribution in [0, 0.1) is 11.3 Å². The molecule has 24 heavy (non-hydrogen) atoms. The molecule has 0 unspecified atom stereocenters. The van der Waals surface area contributed by atoms with Gasteiger partial charge in [0.25, 0.3) is 0 Å². The molecule has 7 heteroatoms. The van der Waals surface area contributed by atoms with E-state index in [0.29, 0.717) is 13.2 Å². The van der Waals surface area contributed by atoms with Gasteiger partial charge in [0.1, 0.15) is 16.7 Å². The number of nitrogens with zero attached hydrogens (tertiary/aromatic N) is 3. The van der Waals surface area contributed by atoms with Crippen LogP contribution >= 0.6 is 11.3 Å². The number of nitriles is 1. The highest BCUT2D eigenvalue weighted by molar-refractivity contribution is 7.09. The summed E-state index contributed by atoms with van der Waals surface area (Å²) in [6.45, 7) is 3.87. The topological polar surface area (TPSA) is 78.2 Å². The Bertz CT molecular complexity index is 592. The Kier molecular flexibility index (Phi) is 5.49. The van der Waals surface area contributed by atoms with Crippen molar-refractivity contribution in [2.24, 2.45) is 0 Å². The average molecular weight is 348 g/mol. The van der Waals surface area contributed by atoms with Crippen LogP contribution in [0.25, 0.3) is 0 Å². The van der Waals surface area contributed by atoms with Gasteiger partial charge in [0, 0.05) is 24.7 Å².